The number of nitro groups is 1. The third-order valence-corrected chi connectivity index (χ3v) is 5.19. The minimum absolute atomic E-state index is 0.00254. The number of likely N-dealkylation sites (tertiary alicyclic amines) is 1. The molecule has 0 aliphatic carbocycles. The Bertz CT molecular complexity index is 1040. The van der Waals surface area contributed by atoms with Crippen LogP contribution in [0.3, 0.4) is 0 Å². The lowest BCUT2D eigenvalue weighted by molar-refractivity contribution is -0.385. The second-order valence-corrected chi connectivity index (χ2v) is 7.27. The third kappa shape index (κ3) is 4.66. The molecule has 31 heavy (non-hydrogen) atoms. The van der Waals surface area contributed by atoms with Crippen LogP contribution >= 0.6 is 0 Å². The van der Waals surface area contributed by atoms with Crippen molar-refractivity contribution in [3.8, 4) is 11.5 Å². The molecule has 9 heteroatoms. The van der Waals surface area contributed by atoms with Gasteiger partial charge < -0.3 is 19.7 Å². The van der Waals surface area contributed by atoms with Gasteiger partial charge >= 0.3 is 0 Å². The molecule has 1 fully saturated rings. The molecule has 2 aromatic carbocycles. The molecule has 0 saturated carbocycles. The molecular formula is C22H21N3O6. The monoisotopic (exact) mass is 423 g/mol. The van der Waals surface area contributed by atoms with Gasteiger partial charge in [0.1, 0.15) is 0 Å². The van der Waals surface area contributed by atoms with Crippen molar-refractivity contribution >= 4 is 23.6 Å². The number of nitrogens with zero attached hydrogens (tertiary/aromatic N) is 2. The van der Waals surface area contributed by atoms with Gasteiger partial charge in [-0.25, -0.2) is 0 Å². The Balaban J connectivity index is 1.36. The van der Waals surface area contributed by atoms with E-state index in [1.165, 1.54) is 24.3 Å². The first-order valence-corrected chi connectivity index (χ1v) is 9.93. The van der Waals surface area contributed by atoms with Crippen LogP contribution in [0.4, 0.5) is 5.69 Å². The van der Waals surface area contributed by atoms with E-state index in [2.05, 4.69) is 5.32 Å². The Morgan fingerprint density at radius 1 is 1.10 bits per heavy atom. The van der Waals surface area contributed by atoms with Crippen molar-refractivity contribution in [2.75, 3.05) is 19.9 Å². The summed E-state index contributed by atoms with van der Waals surface area (Å²) < 4.78 is 10.4. The van der Waals surface area contributed by atoms with Gasteiger partial charge in [-0.2, -0.15) is 0 Å². The number of amides is 2. The van der Waals surface area contributed by atoms with E-state index in [0.717, 1.165) is 31.5 Å². The first-order chi connectivity index (χ1) is 15.0. The molecule has 0 spiro atoms. The molecule has 2 aliphatic heterocycles. The van der Waals surface area contributed by atoms with Crippen molar-refractivity contribution in [1.29, 1.82) is 0 Å². The number of benzene rings is 2. The fourth-order valence-electron chi connectivity index (χ4n) is 3.52. The number of nitrogens with one attached hydrogen (secondary N) is 1. The summed E-state index contributed by atoms with van der Waals surface area (Å²) in [6, 6.07) is 9.87. The molecule has 9 nitrogen and oxygen atoms in total. The highest BCUT2D eigenvalue weighted by Gasteiger charge is 2.22. The zero-order chi connectivity index (χ0) is 21.8. The molecule has 0 aromatic heterocycles. The van der Waals surface area contributed by atoms with Crippen LogP contribution in [0.2, 0.25) is 0 Å². The Labute approximate surface area is 178 Å². The molecule has 0 bridgehead atoms. The van der Waals surface area contributed by atoms with Crippen molar-refractivity contribution in [3.05, 3.63) is 69.3 Å². The SMILES string of the molecule is O=C(/C=C/c1cc2c(cc1[N+](=O)[O-])OCO2)NCc1ccc(C(=O)N2CCCC2)cc1. The number of fused-ring (bicyclic) bond motifs is 1. The molecule has 0 unspecified atom stereocenters. The van der Waals surface area contributed by atoms with Crippen molar-refractivity contribution in [1.82, 2.24) is 10.2 Å². The Morgan fingerprint density at radius 3 is 2.45 bits per heavy atom. The minimum atomic E-state index is -0.537. The lowest BCUT2D eigenvalue weighted by Gasteiger charge is -2.15. The van der Waals surface area contributed by atoms with Crippen LogP contribution < -0.4 is 14.8 Å². The summed E-state index contributed by atoms with van der Waals surface area (Å²) in [5.41, 5.74) is 1.54. The lowest BCUT2D eigenvalue weighted by Crippen LogP contribution is -2.27. The highest BCUT2D eigenvalue weighted by Crippen LogP contribution is 2.38. The molecular weight excluding hydrogens is 402 g/mol. The van der Waals surface area contributed by atoms with E-state index < -0.39 is 10.8 Å². The summed E-state index contributed by atoms with van der Waals surface area (Å²) in [5.74, 6) is 0.333. The number of ether oxygens (including phenoxy) is 2. The standard InChI is InChI=1S/C22H21N3O6/c26-21(8-7-17-11-19-20(31-14-30-19)12-18(17)25(28)29)23-13-15-3-5-16(6-4-15)22(27)24-9-1-2-10-24/h3-8,11-12H,1-2,9-10,13-14H2,(H,23,26)/b8-7+. The smallest absolute Gasteiger partial charge is 0.280 e. The van der Waals surface area contributed by atoms with E-state index in [4.69, 9.17) is 9.47 Å². The van der Waals surface area contributed by atoms with Gasteiger partial charge in [-0.15, -0.1) is 0 Å². The van der Waals surface area contributed by atoms with Crippen LogP contribution in [0.25, 0.3) is 6.08 Å². The third-order valence-electron chi connectivity index (χ3n) is 5.19. The quantitative estimate of drug-likeness (QED) is 0.435. The van der Waals surface area contributed by atoms with Gasteiger partial charge in [0.05, 0.1) is 16.6 Å². The van der Waals surface area contributed by atoms with E-state index in [-0.39, 0.29) is 30.5 Å². The van der Waals surface area contributed by atoms with Crippen LogP contribution in [0, 0.1) is 10.1 Å². The maximum Gasteiger partial charge on any atom is 0.280 e. The highest BCUT2D eigenvalue weighted by molar-refractivity contribution is 5.94. The zero-order valence-corrected chi connectivity index (χ0v) is 16.7. The summed E-state index contributed by atoms with van der Waals surface area (Å²) in [5, 5.41) is 14.0. The van der Waals surface area contributed by atoms with Crippen LogP contribution in [0.1, 0.15) is 34.3 Å². The van der Waals surface area contributed by atoms with E-state index in [1.54, 1.807) is 24.3 Å². The molecule has 1 saturated heterocycles. The van der Waals surface area contributed by atoms with E-state index in [9.17, 15) is 19.7 Å². The number of hydrogen-bond donors (Lipinski definition) is 1. The molecule has 2 aromatic rings. The number of carbonyl (C=O) groups excluding carboxylic acids is 2. The van der Waals surface area contributed by atoms with Gasteiger partial charge in [0.25, 0.3) is 11.6 Å². The van der Waals surface area contributed by atoms with E-state index >= 15 is 0 Å². The van der Waals surface area contributed by atoms with E-state index in [0.29, 0.717) is 17.1 Å². The van der Waals surface area contributed by atoms with Crippen LogP contribution in [-0.4, -0.2) is 41.5 Å². The van der Waals surface area contributed by atoms with Crippen molar-refractivity contribution < 1.29 is 24.0 Å². The summed E-state index contributed by atoms with van der Waals surface area (Å²) >= 11 is 0. The second-order valence-electron chi connectivity index (χ2n) is 7.27. The first-order valence-electron chi connectivity index (χ1n) is 9.93. The highest BCUT2D eigenvalue weighted by atomic mass is 16.7. The number of nitro benzene ring substituents is 1. The number of hydrogen-bond acceptors (Lipinski definition) is 6. The molecule has 1 N–H and O–H groups in total. The molecule has 0 atom stereocenters. The minimum Gasteiger partial charge on any atom is -0.454 e. The Morgan fingerprint density at radius 2 is 1.77 bits per heavy atom. The maximum absolute atomic E-state index is 12.4. The van der Waals surface area contributed by atoms with Gasteiger partial charge in [-0.1, -0.05) is 12.1 Å². The zero-order valence-electron chi connectivity index (χ0n) is 16.7. The maximum atomic E-state index is 12.4. The largest absolute Gasteiger partial charge is 0.454 e. The topological polar surface area (TPSA) is 111 Å². The number of carbonyl (C=O) groups is 2. The summed E-state index contributed by atoms with van der Waals surface area (Å²) in [4.78, 5) is 37.1. The molecule has 160 valence electrons. The fraction of sp³-hybridized carbons (Fsp3) is 0.273. The van der Waals surface area contributed by atoms with Gasteiger partial charge in [0.15, 0.2) is 11.5 Å². The molecule has 4 rings (SSSR count). The molecule has 2 amide bonds. The second kappa shape index (κ2) is 8.86. The summed E-state index contributed by atoms with van der Waals surface area (Å²) in [7, 11) is 0. The fourth-order valence-corrected chi connectivity index (χ4v) is 3.52. The average molecular weight is 423 g/mol. The van der Waals surface area contributed by atoms with Gasteiger partial charge in [0, 0.05) is 31.3 Å². The van der Waals surface area contributed by atoms with Crippen LogP contribution in [0.15, 0.2) is 42.5 Å². The van der Waals surface area contributed by atoms with Gasteiger partial charge in [-0.3, -0.25) is 19.7 Å². The predicted octanol–water partition coefficient (Wildman–Crippen LogP) is 2.89. The van der Waals surface area contributed by atoms with E-state index in [1.807, 2.05) is 4.90 Å². The van der Waals surface area contributed by atoms with Gasteiger partial charge in [0.2, 0.25) is 12.7 Å². The molecule has 2 aliphatic rings. The molecule has 2 heterocycles. The first kappa shape index (κ1) is 20.4. The van der Waals surface area contributed by atoms with Crippen molar-refractivity contribution in [2.45, 2.75) is 19.4 Å². The summed E-state index contributed by atoms with van der Waals surface area (Å²) in [6.07, 6.45) is 4.68. The Kier molecular flexibility index (Phi) is 5.83. The number of rotatable bonds is 6. The van der Waals surface area contributed by atoms with Gasteiger partial charge in [-0.05, 0) is 42.7 Å². The van der Waals surface area contributed by atoms with Crippen LogP contribution in [0.5, 0.6) is 11.5 Å². The predicted molar refractivity (Wildman–Crippen MR) is 112 cm³/mol. The lowest BCUT2D eigenvalue weighted by atomic mass is 10.1. The van der Waals surface area contributed by atoms with Crippen molar-refractivity contribution in [2.24, 2.45) is 0 Å². The van der Waals surface area contributed by atoms with Crippen LogP contribution in [-0.2, 0) is 11.3 Å². The average Bonchev–Trinajstić information content (AvgIpc) is 3.47. The molecule has 0 radical (unpaired) electrons. The van der Waals surface area contributed by atoms with Crippen molar-refractivity contribution in [3.63, 3.8) is 0 Å². The normalized spacial score (nSPS) is 14.8. The Hall–Kier alpha value is -3.88. The summed E-state index contributed by atoms with van der Waals surface area (Å²) in [6.45, 7) is 1.86.